The molecule has 1 heterocycles. The molecular formula is C38H36N2O4S. The number of nitrogens with zero attached hydrogens (tertiary/aromatic N) is 1. The molecule has 0 saturated heterocycles. The molecule has 1 aliphatic rings. The first-order valence-corrected chi connectivity index (χ1v) is 16.8. The van der Waals surface area contributed by atoms with Crippen molar-refractivity contribution in [3.63, 3.8) is 0 Å². The zero-order valence-corrected chi connectivity index (χ0v) is 26.4. The highest BCUT2D eigenvalue weighted by molar-refractivity contribution is 7.92. The molecule has 1 unspecified atom stereocenters. The average molecular weight is 617 g/mol. The number of benzene rings is 5. The van der Waals surface area contributed by atoms with Crippen molar-refractivity contribution in [1.29, 1.82) is 0 Å². The first kappa shape index (κ1) is 30.3. The van der Waals surface area contributed by atoms with Crippen LogP contribution < -0.4 is 4.72 Å². The van der Waals surface area contributed by atoms with E-state index in [1.165, 1.54) is 32.7 Å². The minimum Gasteiger partial charge on any atom is -0.478 e. The van der Waals surface area contributed by atoms with Crippen molar-refractivity contribution in [3.8, 4) is 0 Å². The summed E-state index contributed by atoms with van der Waals surface area (Å²) >= 11 is 0. The van der Waals surface area contributed by atoms with Gasteiger partial charge in [-0.15, -0.1) is 0 Å². The fourth-order valence-corrected chi connectivity index (χ4v) is 7.44. The van der Waals surface area contributed by atoms with Gasteiger partial charge in [-0.05, 0) is 99.7 Å². The minimum atomic E-state index is -3.32. The Labute approximate surface area is 263 Å². The molecule has 2 N–H and O–H groups in total. The van der Waals surface area contributed by atoms with Crippen molar-refractivity contribution in [2.45, 2.75) is 44.9 Å². The van der Waals surface area contributed by atoms with Crippen LogP contribution >= 0.6 is 0 Å². The van der Waals surface area contributed by atoms with Crippen LogP contribution in [0.4, 0.5) is 5.69 Å². The van der Waals surface area contributed by atoms with Crippen LogP contribution in [0.15, 0.2) is 109 Å². The maximum Gasteiger partial charge on any atom is 0.335 e. The van der Waals surface area contributed by atoms with Crippen LogP contribution in [-0.2, 0) is 21.9 Å². The summed E-state index contributed by atoms with van der Waals surface area (Å²) in [5.41, 5.74) is 5.67. The number of carbonyl (C=O) groups is 1. The van der Waals surface area contributed by atoms with Gasteiger partial charge in [0, 0.05) is 11.6 Å². The molecule has 1 aliphatic carbocycles. The number of rotatable bonds is 5. The molecule has 7 rings (SSSR count). The standard InChI is InChI=1S/C28H29NO2S.C10H7NO2/c1-4-32(30,31)29-26-12-8-7-11-23(26)21-17-20-14-15-24-22-10-6-5-9-19(22)13-16-25(24)27(20)28(2,3)18-21;12-10(13)8-3-4-9-7(6-8)2-1-5-11-9/h5-16,21,29H,4,17-18H2,1-3H3;1-6H,(H,12,13). The van der Waals surface area contributed by atoms with Crippen molar-refractivity contribution in [2.75, 3.05) is 10.5 Å². The van der Waals surface area contributed by atoms with E-state index < -0.39 is 16.0 Å². The fraction of sp³-hybridized carbons (Fsp3) is 0.211. The van der Waals surface area contributed by atoms with Gasteiger partial charge in [0.1, 0.15) is 0 Å². The number of carboxylic acids is 1. The normalized spacial score (nSPS) is 15.7. The van der Waals surface area contributed by atoms with Crippen LogP contribution in [0.1, 0.15) is 60.2 Å². The monoisotopic (exact) mass is 616 g/mol. The Morgan fingerprint density at radius 3 is 2.40 bits per heavy atom. The lowest BCUT2D eigenvalue weighted by molar-refractivity contribution is 0.0697. The summed E-state index contributed by atoms with van der Waals surface area (Å²) in [6.07, 6.45) is 3.56. The van der Waals surface area contributed by atoms with Crippen molar-refractivity contribution >= 4 is 54.1 Å². The molecule has 45 heavy (non-hydrogen) atoms. The quantitative estimate of drug-likeness (QED) is 0.189. The number of aromatic carboxylic acids is 1. The molecule has 0 bridgehead atoms. The predicted molar refractivity (Wildman–Crippen MR) is 184 cm³/mol. The van der Waals surface area contributed by atoms with Gasteiger partial charge in [0.2, 0.25) is 10.0 Å². The number of para-hydroxylation sites is 1. The Morgan fingerprint density at radius 2 is 1.60 bits per heavy atom. The second kappa shape index (κ2) is 12.0. The molecule has 228 valence electrons. The fourth-order valence-electron chi connectivity index (χ4n) is 6.77. The SMILES string of the molecule is CCS(=O)(=O)Nc1ccccc1C1Cc2ccc3c(ccc4ccccc43)c2C(C)(C)C1.O=C(O)c1ccc2ncccc2c1. The Morgan fingerprint density at radius 1 is 0.867 bits per heavy atom. The van der Waals surface area contributed by atoms with E-state index in [2.05, 4.69) is 78.2 Å². The summed E-state index contributed by atoms with van der Waals surface area (Å²) in [5.74, 6) is -0.586. The largest absolute Gasteiger partial charge is 0.478 e. The van der Waals surface area contributed by atoms with Crippen LogP contribution in [0.25, 0.3) is 32.4 Å². The Hall–Kier alpha value is -4.75. The van der Waals surface area contributed by atoms with Gasteiger partial charge in [-0.3, -0.25) is 9.71 Å². The van der Waals surface area contributed by atoms with Crippen molar-refractivity contribution in [2.24, 2.45) is 0 Å². The highest BCUT2D eigenvalue weighted by Gasteiger charge is 2.36. The number of aromatic nitrogens is 1. The molecule has 0 spiro atoms. The molecule has 6 aromatic rings. The zero-order valence-electron chi connectivity index (χ0n) is 25.6. The van der Waals surface area contributed by atoms with Crippen LogP contribution in [-0.4, -0.2) is 30.2 Å². The summed E-state index contributed by atoms with van der Waals surface area (Å²) < 4.78 is 27.4. The zero-order chi connectivity index (χ0) is 31.8. The second-order valence-electron chi connectivity index (χ2n) is 12.3. The number of sulfonamides is 1. The van der Waals surface area contributed by atoms with Crippen LogP contribution in [0.5, 0.6) is 0 Å². The van der Waals surface area contributed by atoms with E-state index >= 15 is 0 Å². The van der Waals surface area contributed by atoms with E-state index in [0.717, 1.165) is 29.3 Å². The Kier molecular flexibility index (Phi) is 8.06. The van der Waals surface area contributed by atoms with Gasteiger partial charge >= 0.3 is 5.97 Å². The highest BCUT2D eigenvalue weighted by Crippen LogP contribution is 2.48. The lowest BCUT2D eigenvalue weighted by atomic mass is 9.65. The maximum absolute atomic E-state index is 12.3. The lowest BCUT2D eigenvalue weighted by Gasteiger charge is -2.39. The third-order valence-corrected chi connectivity index (χ3v) is 10.1. The van der Waals surface area contributed by atoms with Gasteiger partial charge in [0.05, 0.1) is 22.5 Å². The number of hydrogen-bond acceptors (Lipinski definition) is 4. The molecule has 1 atom stereocenters. The molecule has 0 fully saturated rings. The van der Waals surface area contributed by atoms with Gasteiger partial charge in [-0.1, -0.05) is 86.6 Å². The molecule has 0 aliphatic heterocycles. The van der Waals surface area contributed by atoms with Crippen LogP contribution in [0.2, 0.25) is 0 Å². The van der Waals surface area contributed by atoms with E-state index in [-0.39, 0.29) is 17.1 Å². The number of carboxylic acid groups (broad SMARTS) is 1. The molecule has 0 amide bonds. The van der Waals surface area contributed by atoms with Crippen LogP contribution in [0.3, 0.4) is 0 Å². The Bertz CT molecular complexity index is 2170. The first-order chi connectivity index (χ1) is 21.6. The van der Waals surface area contributed by atoms with Gasteiger partial charge in [0.25, 0.3) is 0 Å². The Balaban J connectivity index is 0.000000229. The number of hydrogen-bond donors (Lipinski definition) is 2. The van der Waals surface area contributed by atoms with E-state index in [9.17, 15) is 13.2 Å². The maximum atomic E-state index is 12.3. The summed E-state index contributed by atoms with van der Waals surface area (Å²) in [5, 5.41) is 14.8. The predicted octanol–water partition coefficient (Wildman–Crippen LogP) is 8.70. The minimum absolute atomic E-state index is 0.0308. The van der Waals surface area contributed by atoms with Crippen molar-refractivity contribution in [3.05, 3.63) is 132 Å². The smallest absolute Gasteiger partial charge is 0.335 e. The number of nitrogens with one attached hydrogen (secondary N) is 1. The lowest BCUT2D eigenvalue weighted by Crippen LogP contribution is -2.29. The number of anilines is 1. The summed E-state index contributed by atoms with van der Waals surface area (Å²) in [4.78, 5) is 14.7. The average Bonchev–Trinajstić information content (AvgIpc) is 3.04. The summed E-state index contributed by atoms with van der Waals surface area (Å²) in [6.45, 7) is 6.32. The molecule has 0 saturated carbocycles. The molecule has 6 nitrogen and oxygen atoms in total. The second-order valence-corrected chi connectivity index (χ2v) is 14.3. The molecule has 0 radical (unpaired) electrons. The van der Waals surface area contributed by atoms with Crippen molar-refractivity contribution < 1.29 is 18.3 Å². The first-order valence-electron chi connectivity index (χ1n) is 15.2. The van der Waals surface area contributed by atoms with Gasteiger partial charge in [-0.25, -0.2) is 13.2 Å². The number of fused-ring (bicyclic) bond motifs is 6. The highest BCUT2D eigenvalue weighted by atomic mass is 32.2. The van der Waals surface area contributed by atoms with Gasteiger partial charge in [-0.2, -0.15) is 0 Å². The topological polar surface area (TPSA) is 96.4 Å². The summed E-state index contributed by atoms with van der Waals surface area (Å²) in [6, 6.07) is 34.0. The number of pyridine rings is 1. The summed E-state index contributed by atoms with van der Waals surface area (Å²) in [7, 11) is -3.32. The van der Waals surface area contributed by atoms with Gasteiger partial charge in [0.15, 0.2) is 0 Å². The molecular weight excluding hydrogens is 580 g/mol. The third kappa shape index (κ3) is 6.13. The van der Waals surface area contributed by atoms with Crippen LogP contribution in [0, 0.1) is 0 Å². The van der Waals surface area contributed by atoms with Gasteiger partial charge < -0.3 is 5.11 Å². The van der Waals surface area contributed by atoms with Crippen molar-refractivity contribution in [1.82, 2.24) is 4.98 Å². The molecule has 1 aromatic heterocycles. The molecule has 7 heteroatoms. The third-order valence-electron chi connectivity index (χ3n) is 8.81. The van der Waals surface area contributed by atoms with E-state index in [1.54, 1.807) is 37.4 Å². The van der Waals surface area contributed by atoms with E-state index in [1.807, 2.05) is 24.3 Å². The molecule has 5 aromatic carbocycles. The van der Waals surface area contributed by atoms with E-state index in [4.69, 9.17) is 5.11 Å². The van der Waals surface area contributed by atoms with E-state index in [0.29, 0.717) is 11.3 Å².